The van der Waals surface area contributed by atoms with Crippen molar-refractivity contribution < 1.29 is 9.59 Å². The largest absolute Gasteiger partial charge is 0.312 e. The highest BCUT2D eigenvalue weighted by molar-refractivity contribution is 6.14. The van der Waals surface area contributed by atoms with E-state index in [1.54, 1.807) is 0 Å². The average molecular weight is 224 g/mol. The van der Waals surface area contributed by atoms with E-state index in [0.717, 1.165) is 0 Å². The van der Waals surface area contributed by atoms with Crippen LogP contribution in [0.1, 0.15) is 0 Å². The lowest BCUT2D eigenvalue weighted by molar-refractivity contribution is -0.113. The van der Waals surface area contributed by atoms with Gasteiger partial charge >= 0.3 is 5.41 Å². The van der Waals surface area contributed by atoms with Gasteiger partial charge in [-0.3, -0.25) is 9.59 Å². The van der Waals surface area contributed by atoms with E-state index in [9.17, 15) is 9.59 Å². The molecule has 0 unspecified atom stereocenters. The normalized spacial score (nSPS) is 12.2. The van der Waals surface area contributed by atoms with Crippen LogP contribution in [0.25, 0.3) is 0 Å². The number of hydrogen-bond donors (Lipinski definition) is 0. The van der Waals surface area contributed by atoms with Gasteiger partial charge in [-0.05, 0) is 24.3 Å². The van der Waals surface area contributed by atoms with Gasteiger partial charge in [0.05, 0.1) is 0 Å². The van der Waals surface area contributed by atoms with Gasteiger partial charge in [0.2, 0.25) is 0 Å². The van der Waals surface area contributed by atoms with Crippen molar-refractivity contribution in [2.24, 2.45) is 5.41 Å². The van der Waals surface area contributed by atoms with Crippen LogP contribution in [0.15, 0.2) is 24.3 Å². The van der Waals surface area contributed by atoms with E-state index in [1.807, 2.05) is 0 Å². The molecule has 0 spiro atoms. The van der Waals surface area contributed by atoms with Gasteiger partial charge in [0.1, 0.15) is 24.3 Å². The van der Waals surface area contributed by atoms with Crippen molar-refractivity contribution in [2.75, 3.05) is 0 Å². The molecule has 1 aliphatic carbocycles. The van der Waals surface area contributed by atoms with Crippen molar-refractivity contribution >= 4 is 11.6 Å². The van der Waals surface area contributed by atoms with Crippen LogP contribution in [-0.4, -0.2) is 11.6 Å². The number of nitriles is 4. The number of carbonyl (C=O) groups excluding carboxylic acids is 2. The second-order valence-corrected chi connectivity index (χ2v) is 2.67. The van der Waals surface area contributed by atoms with Crippen LogP contribution in [-0.2, 0) is 9.59 Å². The van der Waals surface area contributed by atoms with E-state index in [4.69, 9.17) is 21.0 Å². The van der Waals surface area contributed by atoms with E-state index in [0.29, 0.717) is 0 Å². The summed E-state index contributed by atoms with van der Waals surface area (Å²) in [6.07, 6.45) is 5.01. The molecule has 0 saturated carbocycles. The molecule has 0 aromatic carbocycles. The summed E-state index contributed by atoms with van der Waals surface area (Å²) in [4.78, 5) is 20.6. The predicted molar refractivity (Wildman–Crippen MR) is 53.2 cm³/mol. The maximum absolute atomic E-state index is 10.3. The molecule has 0 saturated heterocycles. The lowest BCUT2D eigenvalue weighted by atomic mass is 9.97. The SMILES string of the molecule is N#CC(C#N)(C#N)C#N.O=C1C=CC(=O)C=C1. The zero-order valence-electron chi connectivity index (χ0n) is 8.41. The quantitative estimate of drug-likeness (QED) is 0.544. The van der Waals surface area contributed by atoms with E-state index >= 15 is 0 Å². The summed E-state index contributed by atoms with van der Waals surface area (Å²) >= 11 is 0. The maximum Gasteiger partial charge on any atom is 0.312 e. The summed E-state index contributed by atoms with van der Waals surface area (Å²) in [7, 11) is 0. The zero-order chi connectivity index (χ0) is 13.3. The topological polar surface area (TPSA) is 129 Å². The van der Waals surface area contributed by atoms with Crippen molar-refractivity contribution in [1.82, 2.24) is 0 Å². The Bertz CT molecular complexity index is 459. The minimum atomic E-state index is -2.11. The smallest absolute Gasteiger partial charge is 0.290 e. The van der Waals surface area contributed by atoms with Gasteiger partial charge in [-0.15, -0.1) is 0 Å². The van der Waals surface area contributed by atoms with Gasteiger partial charge in [-0.2, -0.15) is 21.0 Å². The Morgan fingerprint density at radius 3 is 1.06 bits per heavy atom. The third-order valence-electron chi connectivity index (χ3n) is 1.49. The molecule has 0 amide bonds. The van der Waals surface area contributed by atoms with Crippen molar-refractivity contribution in [1.29, 1.82) is 21.0 Å². The Morgan fingerprint density at radius 2 is 0.941 bits per heavy atom. The lowest BCUT2D eigenvalue weighted by Gasteiger charge is -1.89. The number of carbonyl (C=O) groups is 2. The molecule has 0 fully saturated rings. The Kier molecular flexibility index (Phi) is 5.11. The molecule has 1 rings (SSSR count). The first-order chi connectivity index (χ1) is 8.03. The highest BCUT2D eigenvalue weighted by Crippen LogP contribution is 2.09. The monoisotopic (exact) mass is 224 g/mol. The highest BCUT2D eigenvalue weighted by Gasteiger charge is 2.28. The standard InChI is InChI=1S/C6H4O2.C5N4/c7-5-1-2-6(8)4-3-5;6-1-5(2-7,3-8)4-9/h1-4H;. The van der Waals surface area contributed by atoms with Gasteiger partial charge in [-0.25, -0.2) is 0 Å². The molecule has 0 atom stereocenters. The Balaban J connectivity index is 0.000000302. The van der Waals surface area contributed by atoms with Crippen LogP contribution in [0, 0.1) is 50.7 Å². The van der Waals surface area contributed by atoms with E-state index in [1.165, 1.54) is 48.6 Å². The highest BCUT2D eigenvalue weighted by atomic mass is 16.1. The number of allylic oxidation sites excluding steroid dienone is 4. The summed E-state index contributed by atoms with van der Waals surface area (Å²) in [6.45, 7) is 0. The van der Waals surface area contributed by atoms with Crippen LogP contribution in [0.3, 0.4) is 0 Å². The Hall–Kier alpha value is -3.22. The first-order valence-corrected chi connectivity index (χ1v) is 4.12. The minimum Gasteiger partial charge on any atom is -0.290 e. The third-order valence-corrected chi connectivity index (χ3v) is 1.49. The van der Waals surface area contributed by atoms with Gasteiger partial charge in [0, 0.05) is 0 Å². The molecule has 1 aliphatic rings. The van der Waals surface area contributed by atoms with E-state index in [-0.39, 0.29) is 11.6 Å². The minimum absolute atomic E-state index is 0.121. The summed E-state index contributed by atoms with van der Waals surface area (Å²) in [5, 5.41) is 32.2. The van der Waals surface area contributed by atoms with Crippen LogP contribution in [0.5, 0.6) is 0 Å². The zero-order valence-corrected chi connectivity index (χ0v) is 8.41. The summed E-state index contributed by atoms with van der Waals surface area (Å²) < 4.78 is 0. The molecule has 0 bridgehead atoms. The first-order valence-electron chi connectivity index (χ1n) is 4.12. The Morgan fingerprint density at radius 1 is 0.706 bits per heavy atom. The molecular weight excluding hydrogens is 220 g/mol. The second kappa shape index (κ2) is 6.30. The second-order valence-electron chi connectivity index (χ2n) is 2.67. The fourth-order valence-corrected chi connectivity index (χ4v) is 0.590. The van der Waals surface area contributed by atoms with Gasteiger partial charge in [-0.1, -0.05) is 0 Å². The Labute approximate surface area is 96.9 Å². The molecule has 0 radical (unpaired) electrons. The lowest BCUT2D eigenvalue weighted by Crippen LogP contribution is -2.08. The number of hydrogen-bond acceptors (Lipinski definition) is 6. The van der Waals surface area contributed by atoms with Crippen molar-refractivity contribution in [2.45, 2.75) is 0 Å². The van der Waals surface area contributed by atoms with Crippen molar-refractivity contribution in [3.8, 4) is 24.3 Å². The van der Waals surface area contributed by atoms with Crippen LogP contribution < -0.4 is 0 Å². The first kappa shape index (κ1) is 13.8. The van der Waals surface area contributed by atoms with E-state index < -0.39 is 5.41 Å². The number of ketones is 2. The van der Waals surface area contributed by atoms with Gasteiger partial charge in [0.15, 0.2) is 11.6 Å². The predicted octanol–water partition coefficient (Wildman–Crippen LogP) is 0.318. The fraction of sp³-hybridized carbons (Fsp3) is 0.0909. The van der Waals surface area contributed by atoms with Crippen LogP contribution in [0.4, 0.5) is 0 Å². The molecule has 0 aromatic rings. The number of rotatable bonds is 0. The third kappa shape index (κ3) is 4.21. The summed E-state index contributed by atoms with van der Waals surface area (Å²) in [6, 6.07) is 5.12. The average Bonchev–Trinajstić information content (AvgIpc) is 2.37. The molecule has 0 N–H and O–H groups in total. The summed E-state index contributed by atoms with van der Waals surface area (Å²) in [5.41, 5.74) is -2.11. The van der Waals surface area contributed by atoms with Gasteiger partial charge < -0.3 is 0 Å². The molecular formula is C11H4N4O2. The molecule has 0 heterocycles. The summed E-state index contributed by atoms with van der Waals surface area (Å²) in [5.74, 6) is -0.241. The molecule has 6 nitrogen and oxygen atoms in total. The maximum atomic E-state index is 10.3. The molecule has 17 heavy (non-hydrogen) atoms. The van der Waals surface area contributed by atoms with E-state index in [2.05, 4.69) is 0 Å². The van der Waals surface area contributed by atoms with Crippen molar-refractivity contribution in [3.63, 3.8) is 0 Å². The fourth-order valence-electron chi connectivity index (χ4n) is 0.590. The molecule has 80 valence electrons. The number of nitrogens with zero attached hydrogens (tertiary/aromatic N) is 4. The molecule has 6 heteroatoms. The van der Waals surface area contributed by atoms with Crippen molar-refractivity contribution in [3.05, 3.63) is 24.3 Å². The molecule has 0 aliphatic heterocycles. The molecule has 0 aromatic heterocycles. The van der Waals surface area contributed by atoms with Crippen LogP contribution in [0.2, 0.25) is 0 Å². The van der Waals surface area contributed by atoms with Crippen LogP contribution >= 0.6 is 0 Å². The van der Waals surface area contributed by atoms with Gasteiger partial charge in [0.25, 0.3) is 0 Å².